The van der Waals surface area contributed by atoms with Crippen molar-refractivity contribution in [3.05, 3.63) is 35.4 Å². The Morgan fingerprint density at radius 2 is 1.95 bits per heavy atom. The fourth-order valence-corrected chi connectivity index (χ4v) is 2.86. The second-order valence-electron chi connectivity index (χ2n) is 5.78. The van der Waals surface area contributed by atoms with Gasteiger partial charge in [-0.05, 0) is 42.9 Å². The van der Waals surface area contributed by atoms with Crippen LogP contribution in [-0.2, 0) is 6.54 Å². The standard InChI is InChI=1S/C16H24N2O/c1-12-6-8-13(9-7-12)10-18-11-14-4-2-3-5-15(14)16(17)19/h2-5,12-13,18H,6-11H2,1H3,(H2,17,19). The third-order valence-corrected chi connectivity index (χ3v) is 4.17. The minimum absolute atomic E-state index is 0.344. The predicted octanol–water partition coefficient (Wildman–Crippen LogP) is 2.70. The van der Waals surface area contributed by atoms with Crippen molar-refractivity contribution in [2.75, 3.05) is 6.54 Å². The minimum Gasteiger partial charge on any atom is -0.366 e. The van der Waals surface area contributed by atoms with Gasteiger partial charge in [0.15, 0.2) is 0 Å². The quantitative estimate of drug-likeness (QED) is 0.855. The van der Waals surface area contributed by atoms with E-state index in [4.69, 9.17) is 5.73 Å². The number of benzene rings is 1. The summed E-state index contributed by atoms with van der Waals surface area (Å²) in [5.74, 6) is 1.34. The number of primary amides is 1. The Morgan fingerprint density at radius 3 is 2.63 bits per heavy atom. The molecule has 0 unspecified atom stereocenters. The first-order valence-electron chi connectivity index (χ1n) is 7.25. The number of rotatable bonds is 5. The molecule has 19 heavy (non-hydrogen) atoms. The molecule has 1 aromatic rings. The Kier molecular flexibility index (Phi) is 4.97. The molecule has 1 aliphatic rings. The lowest BCUT2D eigenvalue weighted by Gasteiger charge is -2.26. The highest BCUT2D eigenvalue weighted by atomic mass is 16.1. The van der Waals surface area contributed by atoms with Crippen LogP contribution in [0.4, 0.5) is 0 Å². The van der Waals surface area contributed by atoms with Crippen LogP contribution < -0.4 is 11.1 Å². The largest absolute Gasteiger partial charge is 0.366 e. The highest BCUT2D eigenvalue weighted by Gasteiger charge is 2.17. The van der Waals surface area contributed by atoms with Gasteiger partial charge in [-0.3, -0.25) is 4.79 Å². The average Bonchev–Trinajstić information content (AvgIpc) is 2.41. The van der Waals surface area contributed by atoms with Gasteiger partial charge in [0.05, 0.1) is 0 Å². The zero-order valence-corrected chi connectivity index (χ0v) is 11.7. The molecular weight excluding hydrogens is 236 g/mol. The van der Waals surface area contributed by atoms with Gasteiger partial charge in [-0.25, -0.2) is 0 Å². The molecule has 0 aliphatic heterocycles. The number of carbonyl (C=O) groups excluding carboxylic acids is 1. The number of hydrogen-bond acceptors (Lipinski definition) is 2. The van der Waals surface area contributed by atoms with Gasteiger partial charge in [0.25, 0.3) is 0 Å². The summed E-state index contributed by atoms with van der Waals surface area (Å²) in [6, 6.07) is 7.57. The zero-order chi connectivity index (χ0) is 13.7. The van der Waals surface area contributed by atoms with Gasteiger partial charge >= 0.3 is 0 Å². The zero-order valence-electron chi connectivity index (χ0n) is 11.7. The van der Waals surface area contributed by atoms with Crippen molar-refractivity contribution in [2.24, 2.45) is 17.6 Å². The van der Waals surface area contributed by atoms with E-state index in [-0.39, 0.29) is 5.91 Å². The van der Waals surface area contributed by atoms with Gasteiger partial charge in [-0.2, -0.15) is 0 Å². The highest BCUT2D eigenvalue weighted by molar-refractivity contribution is 5.94. The van der Waals surface area contributed by atoms with E-state index in [9.17, 15) is 4.79 Å². The summed E-state index contributed by atoms with van der Waals surface area (Å²) in [6.45, 7) is 4.11. The summed E-state index contributed by atoms with van der Waals surface area (Å²) in [4.78, 5) is 11.3. The van der Waals surface area contributed by atoms with Gasteiger partial charge in [-0.15, -0.1) is 0 Å². The van der Waals surface area contributed by atoms with E-state index in [1.807, 2.05) is 18.2 Å². The first kappa shape index (κ1) is 14.1. The van der Waals surface area contributed by atoms with Gasteiger partial charge in [0, 0.05) is 12.1 Å². The molecule has 0 saturated heterocycles. The minimum atomic E-state index is -0.344. The van der Waals surface area contributed by atoms with Crippen LogP contribution in [-0.4, -0.2) is 12.5 Å². The van der Waals surface area contributed by atoms with Crippen LogP contribution in [0.25, 0.3) is 0 Å². The van der Waals surface area contributed by atoms with Crippen molar-refractivity contribution < 1.29 is 4.79 Å². The molecule has 1 fully saturated rings. The Morgan fingerprint density at radius 1 is 1.26 bits per heavy atom. The summed E-state index contributed by atoms with van der Waals surface area (Å²) >= 11 is 0. The van der Waals surface area contributed by atoms with Crippen molar-refractivity contribution in [1.82, 2.24) is 5.32 Å². The normalized spacial score (nSPS) is 23.2. The summed E-state index contributed by atoms with van der Waals surface area (Å²) in [6.07, 6.45) is 5.35. The molecule has 1 amide bonds. The Labute approximate surface area is 115 Å². The van der Waals surface area contributed by atoms with Gasteiger partial charge in [-0.1, -0.05) is 38.0 Å². The van der Waals surface area contributed by atoms with E-state index in [0.29, 0.717) is 5.56 Å². The van der Waals surface area contributed by atoms with E-state index in [1.165, 1.54) is 25.7 Å². The Hall–Kier alpha value is -1.35. The molecule has 0 atom stereocenters. The summed E-state index contributed by atoms with van der Waals surface area (Å²) in [5, 5.41) is 3.47. The maximum atomic E-state index is 11.3. The molecule has 0 bridgehead atoms. The molecule has 0 spiro atoms. The maximum absolute atomic E-state index is 11.3. The van der Waals surface area contributed by atoms with Crippen molar-refractivity contribution in [3.8, 4) is 0 Å². The van der Waals surface area contributed by atoms with Gasteiger partial charge in [0.1, 0.15) is 0 Å². The lowest BCUT2D eigenvalue weighted by molar-refractivity contribution is 0.0999. The third-order valence-electron chi connectivity index (χ3n) is 4.17. The van der Waals surface area contributed by atoms with Gasteiger partial charge < -0.3 is 11.1 Å². The van der Waals surface area contributed by atoms with E-state index in [1.54, 1.807) is 6.07 Å². The molecule has 1 aromatic carbocycles. The summed E-state index contributed by atoms with van der Waals surface area (Å²) in [5.41, 5.74) is 7.01. The number of nitrogens with one attached hydrogen (secondary N) is 1. The van der Waals surface area contributed by atoms with Crippen molar-refractivity contribution in [1.29, 1.82) is 0 Å². The van der Waals surface area contributed by atoms with Gasteiger partial charge in [0.2, 0.25) is 5.91 Å². The second-order valence-corrected chi connectivity index (χ2v) is 5.78. The molecule has 3 heteroatoms. The first-order chi connectivity index (χ1) is 9.16. The number of carbonyl (C=O) groups is 1. The smallest absolute Gasteiger partial charge is 0.249 e. The fourth-order valence-electron chi connectivity index (χ4n) is 2.86. The molecule has 1 aliphatic carbocycles. The molecule has 0 heterocycles. The highest BCUT2D eigenvalue weighted by Crippen LogP contribution is 2.27. The summed E-state index contributed by atoms with van der Waals surface area (Å²) < 4.78 is 0. The van der Waals surface area contributed by atoms with Crippen LogP contribution >= 0.6 is 0 Å². The lowest BCUT2D eigenvalue weighted by Crippen LogP contribution is -2.26. The Balaban J connectivity index is 1.81. The average molecular weight is 260 g/mol. The monoisotopic (exact) mass is 260 g/mol. The predicted molar refractivity (Wildman–Crippen MR) is 77.8 cm³/mol. The van der Waals surface area contributed by atoms with Crippen molar-refractivity contribution in [3.63, 3.8) is 0 Å². The van der Waals surface area contributed by atoms with Crippen LogP contribution in [0.5, 0.6) is 0 Å². The van der Waals surface area contributed by atoms with E-state index in [0.717, 1.165) is 30.5 Å². The molecule has 104 valence electrons. The number of amides is 1. The molecule has 3 N–H and O–H groups in total. The SMILES string of the molecule is CC1CCC(CNCc2ccccc2C(N)=O)CC1. The van der Waals surface area contributed by atoms with Crippen LogP contribution in [0.2, 0.25) is 0 Å². The molecular formula is C16H24N2O. The maximum Gasteiger partial charge on any atom is 0.249 e. The van der Waals surface area contributed by atoms with Crippen LogP contribution in [0.1, 0.15) is 48.5 Å². The molecule has 3 nitrogen and oxygen atoms in total. The van der Waals surface area contributed by atoms with Crippen LogP contribution in [0.15, 0.2) is 24.3 Å². The van der Waals surface area contributed by atoms with Crippen LogP contribution in [0, 0.1) is 11.8 Å². The Bertz CT molecular complexity index is 423. The fraction of sp³-hybridized carbons (Fsp3) is 0.562. The molecule has 2 rings (SSSR count). The van der Waals surface area contributed by atoms with E-state index in [2.05, 4.69) is 12.2 Å². The van der Waals surface area contributed by atoms with E-state index >= 15 is 0 Å². The number of nitrogens with two attached hydrogens (primary N) is 1. The van der Waals surface area contributed by atoms with Crippen molar-refractivity contribution in [2.45, 2.75) is 39.2 Å². The summed E-state index contributed by atoms with van der Waals surface area (Å²) in [7, 11) is 0. The third kappa shape index (κ3) is 4.06. The topological polar surface area (TPSA) is 55.1 Å². The second kappa shape index (κ2) is 6.71. The first-order valence-corrected chi connectivity index (χ1v) is 7.25. The van der Waals surface area contributed by atoms with Crippen LogP contribution in [0.3, 0.4) is 0 Å². The lowest BCUT2D eigenvalue weighted by atomic mass is 9.83. The number of hydrogen-bond donors (Lipinski definition) is 2. The molecule has 1 saturated carbocycles. The van der Waals surface area contributed by atoms with E-state index < -0.39 is 0 Å². The molecule has 0 radical (unpaired) electrons. The molecule has 0 aromatic heterocycles. The van der Waals surface area contributed by atoms with Crippen molar-refractivity contribution >= 4 is 5.91 Å².